The van der Waals surface area contributed by atoms with Crippen LogP contribution in [0.4, 0.5) is 5.69 Å². The van der Waals surface area contributed by atoms with Gasteiger partial charge in [-0.1, -0.05) is 30.3 Å². The maximum Gasteiger partial charge on any atom is 0.227 e. The zero-order chi connectivity index (χ0) is 15.5. The smallest absolute Gasteiger partial charge is 0.227 e. The van der Waals surface area contributed by atoms with E-state index >= 15 is 0 Å². The Balaban J connectivity index is 1.67. The number of fused-ring (bicyclic) bond motifs is 1. The number of aryl methyl sites for hydroxylation is 1. The van der Waals surface area contributed by atoms with E-state index in [1.54, 1.807) is 7.11 Å². The summed E-state index contributed by atoms with van der Waals surface area (Å²) in [7, 11) is 1.66. The maximum atomic E-state index is 12.6. The molecule has 0 saturated heterocycles. The number of para-hydroxylation sites is 1. The van der Waals surface area contributed by atoms with Crippen molar-refractivity contribution in [2.24, 2.45) is 0 Å². The summed E-state index contributed by atoms with van der Waals surface area (Å²) in [6, 6.07) is 16.4. The molecule has 1 atom stereocenters. The first-order valence-corrected chi connectivity index (χ1v) is 7.72. The number of methoxy groups -OCH3 is 1. The van der Waals surface area contributed by atoms with Crippen molar-refractivity contribution in [3.63, 3.8) is 0 Å². The monoisotopic (exact) mass is 295 g/mol. The number of anilines is 1. The number of carbonyl (C=O) groups excluding carboxylic acids is 1. The fourth-order valence-corrected chi connectivity index (χ4v) is 3.11. The largest absolute Gasteiger partial charge is 0.497 e. The zero-order valence-electron chi connectivity index (χ0n) is 13.1. The molecule has 0 bridgehead atoms. The molecule has 0 radical (unpaired) electrons. The van der Waals surface area contributed by atoms with E-state index in [0.29, 0.717) is 6.42 Å². The number of nitrogens with zero attached hydrogens (tertiary/aromatic N) is 1. The van der Waals surface area contributed by atoms with E-state index in [4.69, 9.17) is 4.74 Å². The first-order chi connectivity index (χ1) is 10.7. The number of ether oxygens (including phenoxy) is 1. The molecule has 0 saturated carbocycles. The molecular formula is C19H21NO2. The molecular weight excluding hydrogens is 274 g/mol. The molecule has 3 heteroatoms. The molecule has 22 heavy (non-hydrogen) atoms. The van der Waals surface area contributed by atoms with E-state index in [9.17, 15) is 4.79 Å². The van der Waals surface area contributed by atoms with Gasteiger partial charge in [0, 0.05) is 18.2 Å². The van der Waals surface area contributed by atoms with E-state index in [1.807, 2.05) is 47.4 Å². The quantitative estimate of drug-likeness (QED) is 0.862. The van der Waals surface area contributed by atoms with Gasteiger partial charge in [-0.15, -0.1) is 0 Å². The van der Waals surface area contributed by atoms with Crippen molar-refractivity contribution in [2.45, 2.75) is 32.2 Å². The highest BCUT2D eigenvalue weighted by Crippen LogP contribution is 2.32. The van der Waals surface area contributed by atoms with Crippen LogP contribution in [0.2, 0.25) is 0 Å². The van der Waals surface area contributed by atoms with Crippen LogP contribution in [0.5, 0.6) is 5.75 Å². The maximum absolute atomic E-state index is 12.6. The van der Waals surface area contributed by atoms with Crippen molar-refractivity contribution in [3.05, 3.63) is 59.7 Å². The van der Waals surface area contributed by atoms with Crippen LogP contribution in [0, 0.1) is 0 Å². The van der Waals surface area contributed by atoms with E-state index in [2.05, 4.69) is 13.0 Å². The van der Waals surface area contributed by atoms with Gasteiger partial charge in [0.1, 0.15) is 5.75 Å². The predicted octanol–water partition coefficient (Wildman–Crippen LogP) is 3.61. The van der Waals surface area contributed by atoms with Crippen LogP contribution in [-0.2, 0) is 17.6 Å². The first-order valence-electron chi connectivity index (χ1n) is 7.72. The lowest BCUT2D eigenvalue weighted by Crippen LogP contribution is -2.35. The van der Waals surface area contributed by atoms with Crippen LogP contribution < -0.4 is 9.64 Å². The minimum Gasteiger partial charge on any atom is -0.497 e. The average molecular weight is 295 g/mol. The molecule has 1 heterocycles. The van der Waals surface area contributed by atoms with Gasteiger partial charge in [-0.3, -0.25) is 4.79 Å². The van der Waals surface area contributed by atoms with E-state index < -0.39 is 0 Å². The summed E-state index contributed by atoms with van der Waals surface area (Å²) < 4.78 is 5.15. The Bertz CT molecular complexity index is 663. The Labute approximate surface area is 131 Å². The van der Waals surface area contributed by atoms with Gasteiger partial charge in [0.05, 0.1) is 7.11 Å². The molecule has 2 aromatic carbocycles. The number of carbonyl (C=O) groups is 1. The molecule has 0 aliphatic carbocycles. The SMILES string of the molecule is COc1ccc(CCC(=O)N2c3ccccc3C[C@@H]2C)cc1. The lowest BCUT2D eigenvalue weighted by Gasteiger charge is -2.22. The van der Waals surface area contributed by atoms with E-state index in [-0.39, 0.29) is 11.9 Å². The van der Waals surface area contributed by atoms with Crippen LogP contribution in [0.25, 0.3) is 0 Å². The van der Waals surface area contributed by atoms with Gasteiger partial charge in [0.25, 0.3) is 0 Å². The minimum atomic E-state index is 0.202. The molecule has 2 aromatic rings. The molecule has 0 fully saturated rings. The molecule has 0 aromatic heterocycles. The zero-order valence-corrected chi connectivity index (χ0v) is 13.1. The number of hydrogen-bond donors (Lipinski definition) is 0. The Morgan fingerprint density at radius 1 is 1.18 bits per heavy atom. The third kappa shape index (κ3) is 2.84. The van der Waals surface area contributed by atoms with Gasteiger partial charge in [-0.2, -0.15) is 0 Å². The van der Waals surface area contributed by atoms with Gasteiger partial charge < -0.3 is 9.64 Å². The molecule has 1 aliphatic heterocycles. The van der Waals surface area contributed by atoms with Gasteiger partial charge >= 0.3 is 0 Å². The number of amides is 1. The number of hydrogen-bond acceptors (Lipinski definition) is 2. The Kier molecular flexibility index (Phi) is 4.14. The van der Waals surface area contributed by atoms with Gasteiger partial charge in [-0.05, 0) is 49.1 Å². The third-order valence-electron chi connectivity index (χ3n) is 4.26. The highest BCUT2D eigenvalue weighted by Gasteiger charge is 2.29. The van der Waals surface area contributed by atoms with Crippen molar-refractivity contribution < 1.29 is 9.53 Å². The molecule has 3 rings (SSSR count). The Morgan fingerprint density at radius 2 is 1.91 bits per heavy atom. The topological polar surface area (TPSA) is 29.5 Å². The molecule has 0 unspecified atom stereocenters. The minimum absolute atomic E-state index is 0.202. The lowest BCUT2D eigenvalue weighted by molar-refractivity contribution is -0.118. The third-order valence-corrected chi connectivity index (χ3v) is 4.26. The standard InChI is InChI=1S/C19H21NO2/c1-14-13-16-5-3-4-6-18(16)20(14)19(21)12-9-15-7-10-17(22-2)11-8-15/h3-8,10-11,14H,9,12-13H2,1-2H3/t14-/m0/s1. The molecule has 0 N–H and O–H groups in total. The van der Waals surface area contributed by atoms with Crippen LogP contribution in [0.15, 0.2) is 48.5 Å². The fourth-order valence-electron chi connectivity index (χ4n) is 3.11. The molecule has 0 spiro atoms. The second-order valence-corrected chi connectivity index (χ2v) is 5.79. The Morgan fingerprint density at radius 3 is 2.64 bits per heavy atom. The molecule has 3 nitrogen and oxygen atoms in total. The van der Waals surface area contributed by atoms with Crippen LogP contribution in [-0.4, -0.2) is 19.1 Å². The summed E-state index contributed by atoms with van der Waals surface area (Å²) in [6.45, 7) is 2.12. The number of benzene rings is 2. The predicted molar refractivity (Wildman–Crippen MR) is 88.4 cm³/mol. The highest BCUT2D eigenvalue weighted by atomic mass is 16.5. The van der Waals surface area contributed by atoms with Gasteiger partial charge in [-0.25, -0.2) is 0 Å². The summed E-state index contributed by atoms with van der Waals surface area (Å²) in [6.07, 6.45) is 2.24. The van der Waals surface area contributed by atoms with Crippen molar-refractivity contribution in [2.75, 3.05) is 12.0 Å². The number of rotatable bonds is 4. The van der Waals surface area contributed by atoms with Gasteiger partial charge in [0.2, 0.25) is 5.91 Å². The Hall–Kier alpha value is -2.29. The van der Waals surface area contributed by atoms with E-state index in [1.165, 1.54) is 5.56 Å². The summed E-state index contributed by atoms with van der Waals surface area (Å²) in [5, 5.41) is 0. The summed E-state index contributed by atoms with van der Waals surface area (Å²) >= 11 is 0. The van der Waals surface area contributed by atoms with Crippen LogP contribution in [0.1, 0.15) is 24.5 Å². The molecule has 1 aliphatic rings. The second-order valence-electron chi connectivity index (χ2n) is 5.79. The fraction of sp³-hybridized carbons (Fsp3) is 0.316. The summed E-state index contributed by atoms with van der Waals surface area (Å²) in [5.74, 6) is 1.05. The summed E-state index contributed by atoms with van der Waals surface area (Å²) in [5.41, 5.74) is 3.51. The van der Waals surface area contributed by atoms with Crippen molar-refractivity contribution in [1.82, 2.24) is 0 Å². The molecule has 114 valence electrons. The van der Waals surface area contributed by atoms with Crippen LogP contribution >= 0.6 is 0 Å². The van der Waals surface area contributed by atoms with Crippen molar-refractivity contribution in [3.8, 4) is 5.75 Å². The van der Waals surface area contributed by atoms with Crippen molar-refractivity contribution in [1.29, 1.82) is 0 Å². The van der Waals surface area contributed by atoms with E-state index in [0.717, 1.165) is 29.8 Å². The lowest BCUT2D eigenvalue weighted by atomic mass is 10.1. The normalized spacial score (nSPS) is 16.5. The van der Waals surface area contributed by atoms with Crippen molar-refractivity contribution >= 4 is 11.6 Å². The highest BCUT2D eigenvalue weighted by molar-refractivity contribution is 5.96. The second kappa shape index (κ2) is 6.22. The van der Waals surface area contributed by atoms with Crippen LogP contribution in [0.3, 0.4) is 0 Å². The first kappa shape index (κ1) is 14.6. The molecule has 1 amide bonds. The van der Waals surface area contributed by atoms with Gasteiger partial charge in [0.15, 0.2) is 0 Å². The summed E-state index contributed by atoms with van der Waals surface area (Å²) in [4.78, 5) is 14.6. The average Bonchev–Trinajstić information content (AvgIpc) is 2.89.